The summed E-state index contributed by atoms with van der Waals surface area (Å²) in [6.07, 6.45) is 6.77. The first-order valence-corrected chi connectivity index (χ1v) is 10.5. The van der Waals surface area contributed by atoms with E-state index in [9.17, 15) is 4.79 Å². The number of morpholine rings is 1. The minimum atomic E-state index is -0.0959. The minimum absolute atomic E-state index is 0.0959. The Kier molecular flexibility index (Phi) is 5.61. The molecule has 0 unspecified atom stereocenters. The summed E-state index contributed by atoms with van der Waals surface area (Å²) in [5.74, 6) is 0.731. The van der Waals surface area contributed by atoms with Gasteiger partial charge < -0.3 is 14.3 Å². The molecule has 1 fully saturated rings. The molecule has 0 radical (unpaired) electrons. The lowest BCUT2D eigenvalue weighted by Crippen LogP contribution is -2.37. The zero-order valence-electron chi connectivity index (χ0n) is 15.5. The number of nitrogens with one attached hydrogen (secondary N) is 1. The Bertz CT molecular complexity index is 976. The second-order valence-corrected chi connectivity index (χ2v) is 7.60. The van der Waals surface area contributed by atoms with Crippen LogP contribution in [0.3, 0.4) is 0 Å². The monoisotopic (exact) mass is 384 g/mol. The summed E-state index contributed by atoms with van der Waals surface area (Å²) >= 11 is 1.66. The highest BCUT2D eigenvalue weighted by molar-refractivity contribution is 7.98. The number of hydrogen-bond donors (Lipinski definition) is 1. The molecule has 27 heavy (non-hydrogen) atoms. The quantitative estimate of drug-likeness (QED) is 0.662. The molecule has 7 heteroatoms. The molecule has 6 nitrogen and oxygen atoms in total. The molecule has 142 valence electrons. The number of thioether (sulfide) groups is 1. The Balaban J connectivity index is 1.54. The van der Waals surface area contributed by atoms with Crippen molar-refractivity contribution in [3.63, 3.8) is 0 Å². The molecule has 3 heterocycles. The van der Waals surface area contributed by atoms with E-state index in [4.69, 9.17) is 4.74 Å². The normalized spacial score (nSPS) is 15.4. The minimum Gasteiger partial charge on any atom is -0.379 e. The van der Waals surface area contributed by atoms with Crippen molar-refractivity contribution in [3.8, 4) is 11.4 Å². The van der Waals surface area contributed by atoms with Crippen LogP contribution in [0.4, 0.5) is 0 Å². The van der Waals surface area contributed by atoms with Crippen molar-refractivity contribution in [2.75, 3.05) is 39.1 Å². The summed E-state index contributed by atoms with van der Waals surface area (Å²) in [6.45, 7) is 5.52. The standard InChI is InChI=1S/C20H24N4O2S/c1-27-16-4-3-15-13-17(20(25)22-18(15)14-16)19-21-5-8-24(19)7-2-6-23-9-11-26-12-10-23/h3-5,8,13-14H,2,6-7,9-12H2,1H3,(H,22,25). The molecule has 0 saturated carbocycles. The fourth-order valence-electron chi connectivity index (χ4n) is 3.50. The lowest BCUT2D eigenvalue weighted by molar-refractivity contribution is 0.0369. The SMILES string of the molecule is CSc1ccc2cc(-c3nccn3CCCN3CCOCC3)c(=O)[nH]c2c1. The van der Waals surface area contributed by atoms with Gasteiger partial charge in [0.1, 0.15) is 5.82 Å². The van der Waals surface area contributed by atoms with Gasteiger partial charge in [-0.05, 0) is 36.3 Å². The fourth-order valence-corrected chi connectivity index (χ4v) is 3.94. The van der Waals surface area contributed by atoms with Gasteiger partial charge in [0.25, 0.3) is 5.56 Å². The largest absolute Gasteiger partial charge is 0.379 e. The van der Waals surface area contributed by atoms with E-state index >= 15 is 0 Å². The Morgan fingerprint density at radius 1 is 1.22 bits per heavy atom. The van der Waals surface area contributed by atoms with Gasteiger partial charge in [-0.2, -0.15) is 0 Å². The molecular formula is C20H24N4O2S. The summed E-state index contributed by atoms with van der Waals surface area (Å²) < 4.78 is 7.47. The molecule has 1 N–H and O–H groups in total. The molecule has 0 spiro atoms. The van der Waals surface area contributed by atoms with E-state index in [1.807, 2.05) is 30.7 Å². The lowest BCUT2D eigenvalue weighted by Gasteiger charge is -2.26. The zero-order chi connectivity index (χ0) is 18.6. The van der Waals surface area contributed by atoms with Crippen molar-refractivity contribution in [3.05, 3.63) is 47.0 Å². The number of aromatic amines is 1. The van der Waals surface area contributed by atoms with E-state index in [1.165, 1.54) is 0 Å². The number of aromatic nitrogens is 3. The van der Waals surface area contributed by atoms with E-state index < -0.39 is 0 Å². The molecular weight excluding hydrogens is 360 g/mol. The fraction of sp³-hybridized carbons (Fsp3) is 0.400. The highest BCUT2D eigenvalue weighted by Crippen LogP contribution is 2.23. The maximum absolute atomic E-state index is 12.7. The number of hydrogen-bond acceptors (Lipinski definition) is 5. The topological polar surface area (TPSA) is 63.1 Å². The number of pyridine rings is 1. The molecule has 1 aromatic carbocycles. The number of H-pyrrole nitrogens is 1. The molecule has 3 aromatic rings. The van der Waals surface area contributed by atoms with Gasteiger partial charge in [0.2, 0.25) is 0 Å². The maximum atomic E-state index is 12.7. The Morgan fingerprint density at radius 2 is 2.07 bits per heavy atom. The van der Waals surface area contributed by atoms with Crippen LogP contribution in [-0.2, 0) is 11.3 Å². The van der Waals surface area contributed by atoms with Crippen LogP contribution in [0, 0.1) is 0 Å². The van der Waals surface area contributed by atoms with Crippen LogP contribution in [0.5, 0.6) is 0 Å². The van der Waals surface area contributed by atoms with Crippen LogP contribution in [0.2, 0.25) is 0 Å². The molecule has 4 rings (SSSR count). The van der Waals surface area contributed by atoms with E-state index in [-0.39, 0.29) is 5.56 Å². The third-order valence-corrected chi connectivity index (χ3v) is 5.71. The van der Waals surface area contributed by atoms with Gasteiger partial charge in [0.15, 0.2) is 0 Å². The predicted octanol–water partition coefficient (Wildman–Crippen LogP) is 2.84. The first-order valence-electron chi connectivity index (χ1n) is 9.27. The average molecular weight is 385 g/mol. The smallest absolute Gasteiger partial charge is 0.259 e. The molecule has 2 aromatic heterocycles. The third kappa shape index (κ3) is 4.10. The van der Waals surface area contributed by atoms with Crippen molar-refractivity contribution >= 4 is 22.7 Å². The van der Waals surface area contributed by atoms with Gasteiger partial charge in [-0.25, -0.2) is 4.98 Å². The summed E-state index contributed by atoms with van der Waals surface area (Å²) in [4.78, 5) is 23.7. The van der Waals surface area contributed by atoms with Gasteiger partial charge >= 0.3 is 0 Å². The number of imidazole rings is 1. The van der Waals surface area contributed by atoms with E-state index in [0.717, 1.165) is 67.4 Å². The maximum Gasteiger partial charge on any atom is 0.259 e. The molecule has 1 saturated heterocycles. The lowest BCUT2D eigenvalue weighted by atomic mass is 10.1. The highest BCUT2D eigenvalue weighted by Gasteiger charge is 2.13. The number of rotatable bonds is 6. The molecule has 0 aliphatic carbocycles. The predicted molar refractivity (Wildman–Crippen MR) is 109 cm³/mol. The Hall–Kier alpha value is -2.09. The van der Waals surface area contributed by atoms with Crippen molar-refractivity contribution in [1.29, 1.82) is 0 Å². The van der Waals surface area contributed by atoms with Crippen LogP contribution < -0.4 is 5.56 Å². The highest BCUT2D eigenvalue weighted by atomic mass is 32.2. The number of nitrogens with zero attached hydrogens (tertiary/aromatic N) is 3. The molecule has 0 atom stereocenters. The summed E-state index contributed by atoms with van der Waals surface area (Å²) in [5, 5.41) is 1.02. The van der Waals surface area contributed by atoms with Crippen LogP contribution in [0.15, 0.2) is 46.3 Å². The number of fused-ring (bicyclic) bond motifs is 1. The summed E-state index contributed by atoms with van der Waals surface area (Å²) in [7, 11) is 0. The van der Waals surface area contributed by atoms with Crippen LogP contribution in [-0.4, -0.2) is 58.5 Å². The first kappa shape index (κ1) is 18.3. The third-order valence-electron chi connectivity index (χ3n) is 4.99. The Labute approximate surface area is 162 Å². The molecule has 0 amide bonds. The van der Waals surface area contributed by atoms with Crippen molar-refractivity contribution in [2.45, 2.75) is 17.9 Å². The zero-order valence-corrected chi connectivity index (χ0v) is 16.3. The van der Waals surface area contributed by atoms with E-state index in [2.05, 4.69) is 25.5 Å². The number of aryl methyl sites for hydroxylation is 1. The van der Waals surface area contributed by atoms with Gasteiger partial charge in [-0.15, -0.1) is 11.8 Å². The van der Waals surface area contributed by atoms with Gasteiger partial charge in [-0.1, -0.05) is 6.07 Å². The van der Waals surface area contributed by atoms with Crippen molar-refractivity contribution in [2.24, 2.45) is 0 Å². The molecule has 0 bridgehead atoms. The molecule has 1 aliphatic heterocycles. The van der Waals surface area contributed by atoms with Crippen LogP contribution in [0.1, 0.15) is 6.42 Å². The number of benzene rings is 1. The van der Waals surface area contributed by atoms with Gasteiger partial charge in [0.05, 0.1) is 18.8 Å². The van der Waals surface area contributed by atoms with Crippen LogP contribution in [0.25, 0.3) is 22.3 Å². The van der Waals surface area contributed by atoms with Gasteiger partial charge in [0, 0.05) is 49.0 Å². The number of ether oxygens (including phenoxy) is 1. The summed E-state index contributed by atoms with van der Waals surface area (Å²) in [6, 6.07) is 8.08. The van der Waals surface area contributed by atoms with Crippen molar-refractivity contribution < 1.29 is 4.74 Å². The van der Waals surface area contributed by atoms with Crippen molar-refractivity contribution in [1.82, 2.24) is 19.4 Å². The first-order chi connectivity index (χ1) is 13.2. The molecule has 1 aliphatic rings. The second-order valence-electron chi connectivity index (χ2n) is 6.72. The Morgan fingerprint density at radius 3 is 2.89 bits per heavy atom. The van der Waals surface area contributed by atoms with E-state index in [0.29, 0.717) is 5.56 Å². The van der Waals surface area contributed by atoms with Gasteiger partial charge in [-0.3, -0.25) is 9.69 Å². The summed E-state index contributed by atoms with van der Waals surface area (Å²) in [5.41, 5.74) is 1.39. The van der Waals surface area contributed by atoms with Crippen LogP contribution >= 0.6 is 11.8 Å². The average Bonchev–Trinajstić information content (AvgIpc) is 3.16. The van der Waals surface area contributed by atoms with E-state index in [1.54, 1.807) is 18.0 Å². The second kappa shape index (κ2) is 8.29.